The van der Waals surface area contributed by atoms with Crippen molar-refractivity contribution in [3.8, 4) is 0 Å². The summed E-state index contributed by atoms with van der Waals surface area (Å²) in [4.78, 5) is 12.8. The highest BCUT2D eigenvalue weighted by atomic mass is 35.5. The molecule has 1 fully saturated rings. The number of anilines is 1. The number of hydrogen-bond donors (Lipinski definition) is 0. The molecule has 4 nitrogen and oxygen atoms in total. The van der Waals surface area contributed by atoms with Crippen LogP contribution in [0.3, 0.4) is 0 Å². The van der Waals surface area contributed by atoms with E-state index in [1.54, 1.807) is 0 Å². The maximum atomic E-state index is 6.01. The highest BCUT2D eigenvalue weighted by molar-refractivity contribution is 6.30. The average Bonchev–Trinajstić information content (AvgIpc) is 3.01. The van der Waals surface area contributed by atoms with Crippen LogP contribution >= 0.6 is 11.6 Å². The van der Waals surface area contributed by atoms with Crippen molar-refractivity contribution in [3.63, 3.8) is 0 Å². The van der Waals surface area contributed by atoms with Crippen LogP contribution in [0, 0.1) is 0 Å². The smallest absolute Gasteiger partial charge is 0.319 e. The molecule has 5 heteroatoms. The normalized spacial score (nSPS) is 18.9. The van der Waals surface area contributed by atoms with Gasteiger partial charge >= 0.3 is 6.02 Å². The third kappa shape index (κ3) is 3.29. The molecule has 26 heavy (non-hydrogen) atoms. The largest absolute Gasteiger partial charge is 0.365 e. The SMILES string of the molecule is CN1OC(=Nc2ccc(Cl)cc2)N(c2ccccc2)C1c1ccccc1. The number of nitrogens with zero attached hydrogens (tertiary/aromatic N) is 3. The van der Waals surface area contributed by atoms with Gasteiger partial charge in [-0.2, -0.15) is 4.99 Å². The van der Waals surface area contributed by atoms with Crippen molar-refractivity contribution < 1.29 is 4.84 Å². The molecular formula is C21H18ClN3O. The van der Waals surface area contributed by atoms with E-state index in [-0.39, 0.29) is 6.17 Å². The molecule has 0 bridgehead atoms. The van der Waals surface area contributed by atoms with Gasteiger partial charge in [0.15, 0.2) is 6.17 Å². The van der Waals surface area contributed by atoms with Crippen molar-refractivity contribution >= 4 is 29.0 Å². The van der Waals surface area contributed by atoms with Crippen molar-refractivity contribution in [2.75, 3.05) is 11.9 Å². The minimum Gasteiger partial charge on any atom is -0.365 e. The summed E-state index contributed by atoms with van der Waals surface area (Å²) in [6, 6.07) is 28.3. The zero-order valence-corrected chi connectivity index (χ0v) is 15.0. The Hall–Kier alpha value is -2.82. The summed E-state index contributed by atoms with van der Waals surface area (Å²) < 4.78 is 0. The number of aliphatic imine (C=N–C) groups is 1. The monoisotopic (exact) mass is 363 g/mol. The van der Waals surface area contributed by atoms with Gasteiger partial charge in [0, 0.05) is 17.8 Å². The molecule has 130 valence electrons. The second-order valence-electron chi connectivity index (χ2n) is 6.00. The Bertz CT molecular complexity index is 898. The fourth-order valence-electron chi connectivity index (χ4n) is 3.01. The first-order valence-corrected chi connectivity index (χ1v) is 8.74. The number of benzene rings is 3. The summed E-state index contributed by atoms with van der Waals surface area (Å²) in [5, 5.41) is 2.50. The van der Waals surface area contributed by atoms with E-state index in [0.717, 1.165) is 16.9 Å². The van der Waals surface area contributed by atoms with Gasteiger partial charge in [0.05, 0.1) is 5.69 Å². The molecule has 1 unspecified atom stereocenters. The van der Waals surface area contributed by atoms with Crippen LogP contribution in [0.2, 0.25) is 5.02 Å². The molecule has 0 radical (unpaired) electrons. The number of hydroxylamine groups is 2. The van der Waals surface area contributed by atoms with Gasteiger partial charge in [-0.1, -0.05) is 60.1 Å². The number of amidine groups is 1. The molecule has 0 saturated carbocycles. The standard InChI is InChI=1S/C21H18ClN3O/c1-24-20(16-8-4-2-5-9-16)25(19-10-6-3-7-11-19)21(26-24)23-18-14-12-17(22)13-15-18/h2-15,20H,1H3. The second kappa shape index (κ2) is 7.20. The lowest BCUT2D eigenvalue weighted by Crippen LogP contribution is -2.30. The van der Waals surface area contributed by atoms with Crippen LogP contribution in [0.5, 0.6) is 0 Å². The highest BCUT2D eigenvalue weighted by Gasteiger charge is 2.38. The molecule has 1 aliphatic heterocycles. The van der Waals surface area contributed by atoms with Crippen LogP contribution in [0.15, 0.2) is 89.9 Å². The Balaban J connectivity index is 1.79. The maximum absolute atomic E-state index is 6.01. The van der Waals surface area contributed by atoms with E-state index in [0.29, 0.717) is 11.0 Å². The highest BCUT2D eigenvalue weighted by Crippen LogP contribution is 2.36. The van der Waals surface area contributed by atoms with Crippen LogP contribution in [0.4, 0.5) is 11.4 Å². The van der Waals surface area contributed by atoms with Gasteiger partial charge in [-0.05, 0) is 42.0 Å². The number of halogens is 1. The Morgan fingerprint density at radius 1 is 0.846 bits per heavy atom. The van der Waals surface area contributed by atoms with Crippen LogP contribution in [0.25, 0.3) is 0 Å². The summed E-state index contributed by atoms with van der Waals surface area (Å²) in [5.41, 5.74) is 2.92. The van der Waals surface area contributed by atoms with Gasteiger partial charge < -0.3 is 4.84 Å². The zero-order valence-electron chi connectivity index (χ0n) is 14.3. The van der Waals surface area contributed by atoms with E-state index in [9.17, 15) is 0 Å². The van der Waals surface area contributed by atoms with Crippen molar-refractivity contribution in [2.24, 2.45) is 4.99 Å². The van der Waals surface area contributed by atoms with E-state index in [1.165, 1.54) is 0 Å². The van der Waals surface area contributed by atoms with Crippen molar-refractivity contribution in [2.45, 2.75) is 6.17 Å². The minimum atomic E-state index is -0.107. The van der Waals surface area contributed by atoms with Gasteiger partial charge in [-0.25, -0.2) is 0 Å². The molecule has 1 aliphatic rings. The van der Waals surface area contributed by atoms with Crippen molar-refractivity contribution in [1.82, 2.24) is 5.06 Å². The first kappa shape index (κ1) is 16.6. The van der Waals surface area contributed by atoms with Crippen LogP contribution in [-0.2, 0) is 4.84 Å². The summed E-state index contributed by atoms with van der Waals surface area (Å²) >= 11 is 5.98. The summed E-state index contributed by atoms with van der Waals surface area (Å²) in [7, 11) is 1.91. The summed E-state index contributed by atoms with van der Waals surface area (Å²) in [5.74, 6) is 0. The number of rotatable bonds is 3. The summed E-state index contributed by atoms with van der Waals surface area (Å²) in [6.45, 7) is 0. The molecule has 4 rings (SSSR count). The third-order valence-electron chi connectivity index (χ3n) is 4.20. The molecule has 0 aliphatic carbocycles. The fourth-order valence-corrected chi connectivity index (χ4v) is 3.14. The van der Waals surface area contributed by atoms with Crippen molar-refractivity contribution in [3.05, 3.63) is 95.5 Å². The summed E-state index contributed by atoms with van der Waals surface area (Å²) in [6.07, 6.45) is -0.107. The molecule has 0 N–H and O–H groups in total. The Kier molecular flexibility index (Phi) is 4.61. The molecule has 1 heterocycles. The number of hydrogen-bond acceptors (Lipinski definition) is 3. The first-order chi connectivity index (χ1) is 12.7. The van der Waals surface area contributed by atoms with Gasteiger partial charge in [-0.15, -0.1) is 5.06 Å². The minimum absolute atomic E-state index is 0.107. The molecule has 3 aromatic carbocycles. The van der Waals surface area contributed by atoms with E-state index in [4.69, 9.17) is 21.4 Å². The van der Waals surface area contributed by atoms with Gasteiger partial charge in [-0.3, -0.25) is 4.90 Å². The lowest BCUT2D eigenvalue weighted by Gasteiger charge is -2.25. The van der Waals surface area contributed by atoms with E-state index < -0.39 is 0 Å². The van der Waals surface area contributed by atoms with E-state index in [1.807, 2.05) is 72.8 Å². The molecule has 3 aromatic rings. The molecule has 1 saturated heterocycles. The van der Waals surface area contributed by atoms with Crippen LogP contribution < -0.4 is 4.90 Å². The lowest BCUT2D eigenvalue weighted by atomic mass is 10.1. The van der Waals surface area contributed by atoms with E-state index in [2.05, 4.69) is 29.2 Å². The topological polar surface area (TPSA) is 28.1 Å². The Morgan fingerprint density at radius 2 is 1.46 bits per heavy atom. The first-order valence-electron chi connectivity index (χ1n) is 8.37. The average molecular weight is 364 g/mol. The van der Waals surface area contributed by atoms with Crippen LogP contribution in [-0.4, -0.2) is 18.1 Å². The third-order valence-corrected chi connectivity index (χ3v) is 4.46. The lowest BCUT2D eigenvalue weighted by molar-refractivity contribution is -0.0493. The fraction of sp³-hybridized carbons (Fsp3) is 0.0952. The molecular weight excluding hydrogens is 346 g/mol. The molecule has 0 amide bonds. The van der Waals surface area contributed by atoms with Gasteiger partial charge in [0.1, 0.15) is 0 Å². The molecule has 0 spiro atoms. The quantitative estimate of drug-likeness (QED) is 0.622. The Morgan fingerprint density at radius 3 is 2.12 bits per heavy atom. The van der Waals surface area contributed by atoms with Crippen molar-refractivity contribution in [1.29, 1.82) is 0 Å². The van der Waals surface area contributed by atoms with Gasteiger partial charge in [0.2, 0.25) is 0 Å². The predicted octanol–water partition coefficient (Wildman–Crippen LogP) is 5.41. The van der Waals surface area contributed by atoms with Crippen LogP contribution in [0.1, 0.15) is 11.7 Å². The Labute approximate surface area is 157 Å². The second-order valence-corrected chi connectivity index (χ2v) is 6.43. The molecule has 1 atom stereocenters. The van der Waals surface area contributed by atoms with E-state index >= 15 is 0 Å². The number of para-hydroxylation sites is 1. The molecule has 0 aromatic heterocycles. The zero-order chi connectivity index (χ0) is 17.9. The van der Waals surface area contributed by atoms with Gasteiger partial charge in [0.25, 0.3) is 0 Å². The maximum Gasteiger partial charge on any atom is 0.319 e. The predicted molar refractivity (Wildman–Crippen MR) is 105 cm³/mol.